The smallest absolute Gasteiger partial charge is 0.328 e. The number of aliphatic hydroxyl groups is 1. The number of benzene rings is 2. The summed E-state index contributed by atoms with van der Waals surface area (Å²) in [6.45, 7) is 4.97. The Morgan fingerprint density at radius 1 is 0.857 bits per heavy atom. The topological polar surface area (TPSA) is 207 Å². The Hall–Kier alpha value is -4.42. The number of carboxylic acid groups (broad SMARTS) is 1. The summed E-state index contributed by atoms with van der Waals surface area (Å²) in [4.78, 5) is 54.5. The van der Waals surface area contributed by atoms with E-state index >= 15 is 0 Å². The molecule has 1 aromatic heterocycles. The Balaban J connectivity index is 1.77. The number of aromatic hydroxyl groups is 1. The van der Waals surface area contributed by atoms with Crippen molar-refractivity contribution >= 4 is 34.6 Å². The Labute approximate surface area is 243 Å². The van der Waals surface area contributed by atoms with E-state index in [1.54, 1.807) is 18.3 Å². The van der Waals surface area contributed by atoms with Crippen molar-refractivity contribution < 1.29 is 34.5 Å². The number of rotatable bonds is 14. The molecule has 0 aliphatic carbocycles. The molecular weight excluding hydrogens is 542 g/mol. The van der Waals surface area contributed by atoms with Gasteiger partial charge in [-0.1, -0.05) is 44.2 Å². The van der Waals surface area contributed by atoms with E-state index in [0.717, 1.165) is 16.5 Å². The first kappa shape index (κ1) is 32.1. The molecule has 0 radical (unpaired) electrons. The van der Waals surface area contributed by atoms with Crippen molar-refractivity contribution in [2.45, 2.75) is 70.3 Å². The number of aromatic amines is 1. The van der Waals surface area contributed by atoms with Gasteiger partial charge in [-0.25, -0.2) is 4.79 Å². The molecule has 0 bridgehead atoms. The largest absolute Gasteiger partial charge is 0.508 e. The van der Waals surface area contributed by atoms with Crippen molar-refractivity contribution in [2.75, 3.05) is 0 Å². The molecule has 1 heterocycles. The van der Waals surface area contributed by atoms with Gasteiger partial charge in [-0.3, -0.25) is 14.4 Å². The highest BCUT2D eigenvalue weighted by atomic mass is 16.4. The molecule has 42 heavy (non-hydrogen) atoms. The van der Waals surface area contributed by atoms with E-state index in [1.807, 2.05) is 38.1 Å². The van der Waals surface area contributed by atoms with Crippen LogP contribution in [0.5, 0.6) is 5.75 Å². The maximum Gasteiger partial charge on any atom is 0.328 e. The predicted molar refractivity (Wildman–Crippen MR) is 156 cm³/mol. The lowest BCUT2D eigenvalue weighted by Crippen LogP contribution is -2.59. The van der Waals surface area contributed by atoms with Crippen molar-refractivity contribution in [1.82, 2.24) is 20.9 Å². The van der Waals surface area contributed by atoms with Gasteiger partial charge in [0.05, 0.1) is 12.1 Å². The number of nitrogens with two attached hydrogens (primary N) is 1. The quantitative estimate of drug-likeness (QED) is 0.137. The van der Waals surface area contributed by atoms with E-state index in [2.05, 4.69) is 20.9 Å². The van der Waals surface area contributed by atoms with E-state index in [9.17, 15) is 34.5 Å². The summed E-state index contributed by atoms with van der Waals surface area (Å²) < 4.78 is 0. The van der Waals surface area contributed by atoms with Gasteiger partial charge in [0.15, 0.2) is 6.04 Å². The number of amides is 3. The summed E-state index contributed by atoms with van der Waals surface area (Å²) in [5, 5.41) is 37.4. The lowest BCUT2D eigenvalue weighted by molar-refractivity contribution is -0.145. The highest BCUT2D eigenvalue weighted by Gasteiger charge is 2.32. The molecule has 0 saturated carbocycles. The van der Waals surface area contributed by atoms with Crippen molar-refractivity contribution in [3.05, 3.63) is 65.9 Å². The lowest BCUT2D eigenvalue weighted by Gasteiger charge is -2.26. The number of carbonyl (C=O) groups is 4. The van der Waals surface area contributed by atoms with E-state index in [1.165, 1.54) is 19.1 Å². The zero-order chi connectivity index (χ0) is 31.0. The lowest BCUT2D eigenvalue weighted by atomic mass is 9.99. The number of phenolic OH excluding ortho intramolecular Hbond substituents is 1. The standard InChI is InChI=1S/C30H39N5O7/c1-16(2)12-24(33-27(38)22(31)14-19-15-32-23-7-5-4-6-21(19)23)28(39)34-25(13-18-8-10-20(37)11-9-18)29(40)35-26(17(3)36)30(41)42/h4-11,15-17,22,24-26,32,36-37H,12-14,31H2,1-3H3,(H,33,38)(H,34,39)(H,35,40)(H,41,42). The molecule has 0 fully saturated rings. The predicted octanol–water partition coefficient (Wildman–Crippen LogP) is 0.952. The van der Waals surface area contributed by atoms with Crippen LogP contribution >= 0.6 is 0 Å². The first-order valence-corrected chi connectivity index (χ1v) is 13.8. The third-order valence-corrected chi connectivity index (χ3v) is 6.85. The van der Waals surface area contributed by atoms with Gasteiger partial charge in [-0.2, -0.15) is 0 Å². The monoisotopic (exact) mass is 581 g/mol. The summed E-state index contributed by atoms with van der Waals surface area (Å²) in [7, 11) is 0. The summed E-state index contributed by atoms with van der Waals surface area (Å²) in [6, 6.07) is 8.72. The van der Waals surface area contributed by atoms with E-state index in [0.29, 0.717) is 5.56 Å². The highest BCUT2D eigenvalue weighted by Crippen LogP contribution is 2.19. The summed E-state index contributed by atoms with van der Waals surface area (Å²) >= 11 is 0. The second-order valence-electron chi connectivity index (χ2n) is 10.9. The second-order valence-corrected chi connectivity index (χ2v) is 10.9. The molecule has 0 aliphatic rings. The number of phenols is 1. The van der Waals surface area contributed by atoms with E-state index in [-0.39, 0.29) is 30.9 Å². The van der Waals surface area contributed by atoms with Crippen LogP contribution < -0.4 is 21.7 Å². The van der Waals surface area contributed by atoms with Crippen LogP contribution in [0.4, 0.5) is 0 Å². The molecule has 2 aromatic carbocycles. The SMILES string of the molecule is CC(C)CC(NC(=O)C(N)Cc1c[nH]c2ccccc12)C(=O)NC(Cc1ccc(O)cc1)C(=O)NC(C(=O)O)C(C)O. The number of carboxylic acids is 1. The molecule has 0 aliphatic heterocycles. The molecule has 226 valence electrons. The molecule has 5 unspecified atom stereocenters. The zero-order valence-corrected chi connectivity index (χ0v) is 23.8. The number of aliphatic carboxylic acids is 1. The molecule has 0 saturated heterocycles. The van der Waals surface area contributed by atoms with Gasteiger partial charge in [-0.15, -0.1) is 0 Å². The number of H-pyrrole nitrogens is 1. The fourth-order valence-electron chi connectivity index (χ4n) is 4.60. The molecule has 9 N–H and O–H groups in total. The first-order chi connectivity index (χ1) is 19.8. The minimum atomic E-state index is -1.61. The average Bonchev–Trinajstić information content (AvgIpc) is 3.33. The third-order valence-electron chi connectivity index (χ3n) is 6.85. The fourth-order valence-corrected chi connectivity index (χ4v) is 4.60. The minimum absolute atomic E-state index is 0.00696. The van der Waals surface area contributed by atoms with Crippen LogP contribution in [0.1, 0.15) is 38.3 Å². The number of carbonyl (C=O) groups excluding carboxylic acids is 3. The summed E-state index contributed by atoms with van der Waals surface area (Å²) in [6.07, 6.45) is 0.819. The first-order valence-electron chi connectivity index (χ1n) is 13.8. The van der Waals surface area contributed by atoms with E-state index < -0.39 is 54.0 Å². The van der Waals surface area contributed by atoms with Crippen LogP contribution in [0.15, 0.2) is 54.7 Å². The van der Waals surface area contributed by atoms with Crippen molar-refractivity contribution in [3.8, 4) is 5.75 Å². The molecule has 3 rings (SSSR count). The van der Waals surface area contributed by atoms with Crippen molar-refractivity contribution in [2.24, 2.45) is 11.7 Å². The number of aliphatic hydroxyl groups excluding tert-OH is 1. The van der Waals surface area contributed by atoms with E-state index in [4.69, 9.17) is 5.73 Å². The van der Waals surface area contributed by atoms with Crippen LogP contribution in [0.3, 0.4) is 0 Å². The Morgan fingerprint density at radius 2 is 1.48 bits per heavy atom. The number of hydrogen-bond donors (Lipinski definition) is 8. The number of hydrogen-bond acceptors (Lipinski definition) is 7. The van der Waals surface area contributed by atoms with Gasteiger partial charge in [0.2, 0.25) is 17.7 Å². The van der Waals surface area contributed by atoms with Crippen LogP contribution in [0.2, 0.25) is 0 Å². The maximum absolute atomic E-state index is 13.5. The van der Waals surface area contributed by atoms with Crippen LogP contribution in [-0.4, -0.2) is 74.3 Å². The number of nitrogens with one attached hydrogen (secondary N) is 4. The van der Waals surface area contributed by atoms with Crippen LogP contribution in [0.25, 0.3) is 10.9 Å². The highest BCUT2D eigenvalue weighted by molar-refractivity contribution is 5.94. The maximum atomic E-state index is 13.5. The molecule has 3 aromatic rings. The second kappa shape index (κ2) is 14.5. The number of para-hydroxylation sites is 1. The third kappa shape index (κ3) is 8.79. The molecule has 5 atom stereocenters. The molecule has 0 spiro atoms. The Kier molecular flexibility index (Phi) is 11.1. The Morgan fingerprint density at radius 3 is 2.10 bits per heavy atom. The summed E-state index contributed by atoms with van der Waals surface area (Å²) in [5.41, 5.74) is 8.57. The molecule has 12 heteroatoms. The number of fused-ring (bicyclic) bond motifs is 1. The van der Waals surface area contributed by atoms with Crippen molar-refractivity contribution in [3.63, 3.8) is 0 Å². The van der Waals surface area contributed by atoms with Crippen LogP contribution in [0, 0.1) is 5.92 Å². The molecular formula is C30H39N5O7. The Bertz CT molecular complexity index is 1390. The number of aromatic nitrogens is 1. The van der Waals surface area contributed by atoms with Gasteiger partial charge in [-0.05, 0) is 55.0 Å². The minimum Gasteiger partial charge on any atom is -0.508 e. The normalized spacial score (nSPS) is 14.9. The summed E-state index contributed by atoms with van der Waals surface area (Å²) in [5.74, 6) is -3.48. The van der Waals surface area contributed by atoms with Gasteiger partial charge in [0.1, 0.15) is 17.8 Å². The van der Waals surface area contributed by atoms with Crippen LogP contribution in [-0.2, 0) is 32.0 Å². The molecule has 3 amide bonds. The molecule has 12 nitrogen and oxygen atoms in total. The average molecular weight is 582 g/mol. The van der Waals surface area contributed by atoms with Gasteiger partial charge in [0, 0.05) is 23.5 Å². The van der Waals surface area contributed by atoms with Gasteiger partial charge < -0.3 is 42.0 Å². The zero-order valence-electron chi connectivity index (χ0n) is 23.8. The van der Waals surface area contributed by atoms with Gasteiger partial charge in [0.25, 0.3) is 0 Å². The fraction of sp³-hybridized carbons (Fsp3) is 0.400. The van der Waals surface area contributed by atoms with Gasteiger partial charge >= 0.3 is 5.97 Å². The van der Waals surface area contributed by atoms with Crippen molar-refractivity contribution in [1.29, 1.82) is 0 Å².